The van der Waals surface area contributed by atoms with E-state index in [0.717, 1.165) is 24.3 Å². The molecule has 0 saturated heterocycles. The van der Waals surface area contributed by atoms with Gasteiger partial charge in [-0.25, -0.2) is 0 Å². The monoisotopic (exact) mass is 742 g/mol. The number of nitrogens with zero attached hydrogens (tertiary/aromatic N) is 4. The minimum absolute atomic E-state index is 0.00459. The van der Waals surface area contributed by atoms with E-state index in [-0.39, 0.29) is 50.8 Å². The van der Waals surface area contributed by atoms with E-state index < -0.39 is 62.4 Å². The van der Waals surface area contributed by atoms with Gasteiger partial charge in [0.05, 0.1) is 16.3 Å². The molecule has 20 heteroatoms. The molecule has 0 radical (unpaired) electrons. The number of nitrogens with one attached hydrogen (secondary N) is 1. The lowest BCUT2D eigenvalue weighted by atomic mass is 10.1. The van der Waals surface area contributed by atoms with Gasteiger partial charge in [-0.2, -0.15) is 25.3 Å². The van der Waals surface area contributed by atoms with Crippen molar-refractivity contribution in [2.24, 2.45) is 26.2 Å². The topological polar surface area (TPSA) is 288 Å². The highest BCUT2D eigenvalue weighted by Crippen LogP contribution is 2.43. The third kappa shape index (κ3) is 7.50. The number of fused-ring (bicyclic) bond motifs is 2. The summed E-state index contributed by atoms with van der Waals surface area (Å²) in [5, 5.41) is 29.9. The first-order chi connectivity index (χ1) is 23.3. The number of aryl methyl sites for hydroxylation is 1. The Morgan fingerprint density at radius 2 is 1.30 bits per heavy atom. The predicted molar refractivity (Wildman–Crippen MR) is 181 cm³/mol. The number of phenols is 1. The molecule has 5 aromatic carbocycles. The molecular weight excluding hydrogens is 717 g/mol. The Balaban J connectivity index is 1.69. The molecule has 0 atom stereocenters. The van der Waals surface area contributed by atoms with Gasteiger partial charge in [-0.05, 0) is 84.1 Å². The van der Waals surface area contributed by atoms with E-state index in [1.165, 1.54) is 49.4 Å². The number of carbonyl (C=O) groups is 1. The van der Waals surface area contributed by atoms with E-state index >= 15 is 0 Å². The van der Waals surface area contributed by atoms with Gasteiger partial charge in [-0.15, -0.1) is 20.5 Å². The number of phenolic OH excluding ortho intramolecular Hbond substituents is 1. The molecule has 1 amide bonds. The van der Waals surface area contributed by atoms with Crippen LogP contribution in [0.15, 0.2) is 102 Å². The summed E-state index contributed by atoms with van der Waals surface area (Å²) in [6.07, 6.45) is 0. The Morgan fingerprint density at radius 1 is 0.700 bits per heavy atom. The van der Waals surface area contributed by atoms with E-state index in [1.54, 1.807) is 6.92 Å². The van der Waals surface area contributed by atoms with E-state index in [0.29, 0.717) is 11.1 Å². The molecule has 0 unspecified atom stereocenters. The average molecular weight is 743 g/mol. The molecule has 0 heterocycles. The lowest BCUT2D eigenvalue weighted by Gasteiger charge is -2.11. The van der Waals surface area contributed by atoms with Crippen LogP contribution in [-0.4, -0.2) is 49.9 Å². The van der Waals surface area contributed by atoms with Gasteiger partial charge in [0.1, 0.15) is 21.2 Å². The van der Waals surface area contributed by atoms with Crippen LogP contribution >= 0.6 is 0 Å². The summed E-state index contributed by atoms with van der Waals surface area (Å²) in [5.74, 6) is -1.09. The van der Waals surface area contributed by atoms with Crippen LogP contribution in [0.1, 0.15) is 18.1 Å². The number of nitrogens with two attached hydrogens (primary N) is 1. The van der Waals surface area contributed by atoms with Crippen LogP contribution in [0.5, 0.6) is 5.75 Å². The fourth-order valence-corrected chi connectivity index (χ4v) is 6.84. The van der Waals surface area contributed by atoms with Gasteiger partial charge < -0.3 is 16.2 Å². The quantitative estimate of drug-likeness (QED) is 0.0749. The molecule has 0 aliphatic carbocycles. The van der Waals surface area contributed by atoms with Crippen molar-refractivity contribution in [3.05, 3.63) is 77.9 Å². The largest absolute Gasteiger partial charge is 0.505 e. The van der Waals surface area contributed by atoms with E-state index in [1.807, 2.05) is 0 Å². The average Bonchev–Trinajstić information content (AvgIpc) is 3.01. The summed E-state index contributed by atoms with van der Waals surface area (Å²) >= 11 is 0. The van der Waals surface area contributed by atoms with Gasteiger partial charge in [-0.3, -0.25) is 18.5 Å². The fourth-order valence-electron chi connectivity index (χ4n) is 4.99. The number of carbonyl (C=O) groups excluding carboxylic acids is 1. The number of hydrogen-bond donors (Lipinski definition) is 6. The van der Waals surface area contributed by atoms with Crippen molar-refractivity contribution in [1.29, 1.82) is 0 Å². The highest BCUT2D eigenvalue weighted by Gasteiger charge is 2.23. The van der Waals surface area contributed by atoms with Crippen molar-refractivity contribution in [2.75, 3.05) is 5.32 Å². The summed E-state index contributed by atoms with van der Waals surface area (Å²) in [6.45, 7) is 2.85. The van der Waals surface area contributed by atoms with Crippen LogP contribution in [0.4, 0.5) is 28.4 Å². The molecule has 5 rings (SSSR count). The summed E-state index contributed by atoms with van der Waals surface area (Å²) in [7, 11) is -14.5. The highest BCUT2D eigenvalue weighted by atomic mass is 32.2. The second-order valence-corrected chi connectivity index (χ2v) is 15.0. The van der Waals surface area contributed by atoms with Crippen LogP contribution in [0.3, 0.4) is 0 Å². The van der Waals surface area contributed by atoms with Gasteiger partial charge in [0.25, 0.3) is 30.4 Å². The van der Waals surface area contributed by atoms with E-state index in [9.17, 15) is 48.8 Å². The van der Waals surface area contributed by atoms with Gasteiger partial charge in [-0.1, -0.05) is 6.07 Å². The van der Waals surface area contributed by atoms with Gasteiger partial charge in [0.2, 0.25) is 5.91 Å². The Kier molecular flexibility index (Phi) is 9.55. The molecule has 0 aliphatic heterocycles. The van der Waals surface area contributed by atoms with Crippen molar-refractivity contribution < 1.29 is 48.8 Å². The fraction of sp³-hybridized carbons (Fsp3) is 0.100. The normalized spacial score (nSPS) is 12.8. The van der Waals surface area contributed by atoms with Crippen LogP contribution in [0.25, 0.3) is 21.5 Å². The number of anilines is 1. The molecule has 17 nitrogen and oxygen atoms in total. The third-order valence-electron chi connectivity index (χ3n) is 7.33. The predicted octanol–water partition coefficient (Wildman–Crippen LogP) is 6.00. The zero-order valence-electron chi connectivity index (χ0n) is 25.8. The number of hydrogen-bond acceptors (Lipinski definition) is 13. The Labute approximate surface area is 284 Å². The molecule has 0 aromatic heterocycles. The zero-order valence-corrected chi connectivity index (χ0v) is 28.2. The first kappa shape index (κ1) is 36.1. The smallest absolute Gasteiger partial charge is 0.296 e. The molecular formula is C30H26N6O11S3. The molecule has 260 valence electrons. The minimum atomic E-state index is -5.01. The van der Waals surface area contributed by atoms with E-state index in [2.05, 4.69) is 25.8 Å². The SMILES string of the molecule is CC(=O)Nc1ccc2c(O)c(N=Nc3ccc(N=Nc4cc(CN)c(C)cc4S(=O)(=O)O)c4cc(S(=O)(=O)O)ccc34)c(S(=O)(=O)O)cc2c1. The second-order valence-electron chi connectivity index (χ2n) is 10.8. The summed E-state index contributed by atoms with van der Waals surface area (Å²) in [5.41, 5.74) is 5.94. The van der Waals surface area contributed by atoms with Crippen molar-refractivity contribution in [3.8, 4) is 5.75 Å². The van der Waals surface area contributed by atoms with Crippen LogP contribution in [-0.2, 0) is 41.7 Å². The lowest BCUT2D eigenvalue weighted by Crippen LogP contribution is -2.05. The van der Waals surface area contributed by atoms with Gasteiger partial charge in [0, 0.05) is 35.3 Å². The summed E-state index contributed by atoms with van der Waals surface area (Å²) < 4.78 is 102. The van der Waals surface area contributed by atoms with E-state index in [4.69, 9.17) is 5.73 Å². The minimum Gasteiger partial charge on any atom is -0.505 e. The Morgan fingerprint density at radius 3 is 1.90 bits per heavy atom. The first-order valence-corrected chi connectivity index (χ1v) is 18.3. The van der Waals surface area contributed by atoms with Crippen LogP contribution in [0, 0.1) is 6.92 Å². The van der Waals surface area contributed by atoms with Crippen LogP contribution < -0.4 is 11.1 Å². The van der Waals surface area contributed by atoms with Crippen molar-refractivity contribution in [2.45, 2.75) is 35.1 Å². The van der Waals surface area contributed by atoms with Crippen molar-refractivity contribution >= 4 is 86.2 Å². The standard InChI is InChI=1S/C30H26N6O11S3/c1-15-9-27(49(42,43)44)26(11-18(15)14-31)35-33-25-8-7-24(22-6-4-20(13-23(22)25)48(39,40)41)34-36-29-28(50(45,46)47)12-17-10-19(32-16(2)37)3-5-21(17)30(29)38/h3-13,38H,14,31H2,1-2H3,(H,32,37)(H,39,40,41)(H,42,43,44)(H,45,46,47). The van der Waals surface area contributed by atoms with Gasteiger partial charge >= 0.3 is 0 Å². The maximum absolute atomic E-state index is 12.4. The molecule has 0 saturated carbocycles. The molecule has 5 aromatic rings. The third-order valence-corrected chi connectivity index (χ3v) is 9.93. The summed E-state index contributed by atoms with van der Waals surface area (Å²) in [6, 6.07) is 13.5. The number of benzene rings is 5. The van der Waals surface area contributed by atoms with Crippen LogP contribution in [0.2, 0.25) is 0 Å². The number of amides is 1. The second kappa shape index (κ2) is 13.2. The first-order valence-electron chi connectivity index (χ1n) is 14.0. The zero-order chi connectivity index (χ0) is 36.8. The Bertz CT molecular complexity index is 2640. The van der Waals surface area contributed by atoms with Crippen molar-refractivity contribution in [3.63, 3.8) is 0 Å². The Hall–Kier alpha value is -5.22. The number of azo groups is 2. The number of aromatic hydroxyl groups is 1. The lowest BCUT2D eigenvalue weighted by molar-refractivity contribution is -0.114. The van der Waals surface area contributed by atoms with Gasteiger partial charge in [0.15, 0.2) is 5.75 Å². The molecule has 0 fully saturated rings. The molecule has 0 aliphatic rings. The highest BCUT2D eigenvalue weighted by molar-refractivity contribution is 7.86. The summed E-state index contributed by atoms with van der Waals surface area (Å²) in [4.78, 5) is 9.52. The molecule has 7 N–H and O–H groups in total. The number of rotatable bonds is 9. The molecule has 50 heavy (non-hydrogen) atoms. The van der Waals surface area contributed by atoms with Crippen molar-refractivity contribution in [1.82, 2.24) is 0 Å². The molecule has 0 bridgehead atoms. The maximum Gasteiger partial charge on any atom is 0.296 e. The maximum atomic E-state index is 12.4. The molecule has 0 spiro atoms.